The number of carbonyl (C=O) groups is 12. The van der Waals surface area contributed by atoms with Gasteiger partial charge in [0.1, 0.15) is 77.4 Å². The number of benzene rings is 4. The molecule has 1 aromatic heterocycles. The molecule has 2 heterocycles. The van der Waals surface area contributed by atoms with Gasteiger partial charge in [-0.1, -0.05) is 109 Å². The van der Waals surface area contributed by atoms with Crippen LogP contribution in [-0.4, -0.2) is 204 Å². The molecule has 686 valence electrons. The van der Waals surface area contributed by atoms with Crippen LogP contribution in [0, 0.1) is 48.8 Å². The van der Waals surface area contributed by atoms with Crippen LogP contribution in [0.2, 0.25) is 0 Å². The van der Waals surface area contributed by atoms with Gasteiger partial charge in [0, 0.05) is 62.6 Å². The van der Waals surface area contributed by atoms with Gasteiger partial charge < -0.3 is 106 Å². The van der Waals surface area contributed by atoms with Crippen molar-refractivity contribution in [2.24, 2.45) is 40.7 Å². The van der Waals surface area contributed by atoms with E-state index in [-0.39, 0.29) is 152 Å². The average Bonchev–Trinajstić information content (AvgIpc) is 1.05. The van der Waals surface area contributed by atoms with Crippen molar-refractivity contribution < 1.29 is 76.5 Å². The second kappa shape index (κ2) is 51.7. The first-order chi connectivity index (χ1) is 60.0. The highest BCUT2D eigenvalue weighted by Gasteiger charge is 2.42. The smallest absolute Gasteiger partial charge is 0.336 e. The van der Waals surface area contributed by atoms with Gasteiger partial charge in [-0.15, -0.1) is 0 Å². The molecule has 1 aliphatic heterocycles. The predicted molar refractivity (Wildman–Crippen MR) is 469 cm³/mol. The van der Waals surface area contributed by atoms with Crippen LogP contribution in [0.25, 0.3) is 11.0 Å². The fourth-order valence-corrected chi connectivity index (χ4v) is 14.3. The summed E-state index contributed by atoms with van der Waals surface area (Å²) < 4.78 is 10.5. The van der Waals surface area contributed by atoms with Crippen LogP contribution in [-0.2, 0) is 76.8 Å². The number of fused-ring (bicyclic) bond motifs is 1. The Morgan fingerprint density at radius 1 is 0.548 bits per heavy atom. The van der Waals surface area contributed by atoms with E-state index in [4.69, 9.17) is 42.9 Å². The van der Waals surface area contributed by atoms with E-state index in [1.165, 1.54) is 30.2 Å². The number of non-ortho nitro benzene ring substituents is 1. The minimum absolute atomic E-state index is 0.00823. The topological polar surface area (TPSA) is 642 Å². The van der Waals surface area contributed by atoms with Crippen LogP contribution in [0.5, 0.6) is 5.75 Å². The number of ether oxygens (including phenoxy) is 1. The maximum absolute atomic E-state index is 15.3. The van der Waals surface area contributed by atoms with E-state index in [1.54, 1.807) is 114 Å². The Morgan fingerprint density at radius 2 is 1.05 bits per heavy atom. The van der Waals surface area contributed by atoms with E-state index in [9.17, 15) is 63.4 Å². The zero-order valence-corrected chi connectivity index (χ0v) is 72.2. The van der Waals surface area contributed by atoms with Crippen LogP contribution >= 0.6 is 0 Å². The summed E-state index contributed by atoms with van der Waals surface area (Å²) in [6, 6.07) is 12.5. The summed E-state index contributed by atoms with van der Waals surface area (Å²) in [6.07, 6.45) is 1.47. The van der Waals surface area contributed by atoms with Crippen LogP contribution in [0.4, 0.5) is 17.1 Å². The second-order valence-corrected chi connectivity index (χ2v) is 31.9. The van der Waals surface area contributed by atoms with Gasteiger partial charge in [-0.25, -0.2) is 4.79 Å². The third-order valence-electron chi connectivity index (χ3n) is 21.1. The highest BCUT2D eigenvalue weighted by molar-refractivity contribution is 6.00. The van der Waals surface area contributed by atoms with E-state index in [1.807, 2.05) is 0 Å². The van der Waals surface area contributed by atoms with Gasteiger partial charge >= 0.3 is 5.63 Å². The number of unbranched alkanes of at least 4 members (excludes halogenated alkanes) is 2. The molecule has 11 atom stereocenters. The molecule has 4 aromatic carbocycles. The van der Waals surface area contributed by atoms with Gasteiger partial charge in [-0.05, 0) is 149 Å². The number of methoxy groups -OCH3 is 1. The molecule has 12 amide bonds. The molecule has 0 saturated carbocycles. The highest BCUT2D eigenvalue weighted by Crippen LogP contribution is 2.30. The third-order valence-corrected chi connectivity index (χ3v) is 21.1. The number of nitrogens with one attached hydrogen (secondary N) is 15. The maximum atomic E-state index is 15.3. The first kappa shape index (κ1) is 101. The Morgan fingerprint density at radius 3 is 1.56 bits per heavy atom. The molecule has 0 aliphatic carbocycles. The van der Waals surface area contributed by atoms with Gasteiger partial charge in [0.2, 0.25) is 70.9 Å². The molecule has 23 N–H and O–H groups in total. The third kappa shape index (κ3) is 33.7. The number of anilines is 1. The molecule has 5 aromatic rings. The van der Waals surface area contributed by atoms with Gasteiger partial charge in [0.05, 0.1) is 36.0 Å². The number of primary amides is 1. The van der Waals surface area contributed by atoms with Crippen molar-refractivity contribution in [2.45, 2.75) is 218 Å². The average molecular weight is 1760 g/mol. The number of likely N-dealkylation sites (tertiary alicyclic amines) is 1. The number of hydrogen-bond donors (Lipinski definition) is 19. The monoisotopic (exact) mass is 1750 g/mol. The summed E-state index contributed by atoms with van der Waals surface area (Å²) in [5, 5.41) is 74.6. The summed E-state index contributed by atoms with van der Waals surface area (Å²) in [4.78, 5) is 209. The molecule has 6 rings (SSSR count). The summed E-state index contributed by atoms with van der Waals surface area (Å²) in [6.45, 7) is 10.7. The molecular formula is C85H122N22O19. The number of nitro benzene ring substituents is 2. The first-order valence-corrected chi connectivity index (χ1v) is 42.3. The Balaban J connectivity index is 1.22. The summed E-state index contributed by atoms with van der Waals surface area (Å²) in [5.41, 5.74) is 22.4. The van der Waals surface area contributed by atoms with Crippen molar-refractivity contribution in [3.8, 4) is 5.75 Å². The van der Waals surface area contributed by atoms with Crippen molar-refractivity contribution in [3.05, 3.63) is 150 Å². The van der Waals surface area contributed by atoms with E-state index in [0.717, 1.165) is 12.1 Å². The number of rotatable bonds is 54. The Hall–Kier alpha value is -13.4. The van der Waals surface area contributed by atoms with Gasteiger partial charge in [0.25, 0.3) is 11.4 Å². The lowest BCUT2D eigenvalue weighted by atomic mass is 9.96. The number of guanidine groups is 2. The molecule has 41 heteroatoms. The van der Waals surface area contributed by atoms with Crippen LogP contribution in [0.3, 0.4) is 0 Å². The number of hydrogen-bond acceptors (Lipinski definition) is 23. The number of carbonyl (C=O) groups excluding carboxylic acids is 12. The molecule has 1 saturated heterocycles. The van der Waals surface area contributed by atoms with Crippen molar-refractivity contribution in [1.29, 1.82) is 10.8 Å². The zero-order valence-electron chi connectivity index (χ0n) is 72.2. The van der Waals surface area contributed by atoms with Crippen molar-refractivity contribution in [1.82, 2.24) is 68.7 Å². The lowest BCUT2D eigenvalue weighted by Crippen LogP contribution is -2.61. The molecule has 0 bridgehead atoms. The van der Waals surface area contributed by atoms with Crippen molar-refractivity contribution in [2.75, 3.05) is 51.7 Å². The number of nitro groups is 2. The molecule has 41 nitrogen and oxygen atoms in total. The summed E-state index contributed by atoms with van der Waals surface area (Å²) in [7, 11) is 1.45. The minimum atomic E-state index is -1.52. The summed E-state index contributed by atoms with van der Waals surface area (Å²) in [5.74, 6) is -11.1. The van der Waals surface area contributed by atoms with Crippen molar-refractivity contribution in [3.63, 3.8) is 0 Å². The van der Waals surface area contributed by atoms with E-state index in [2.05, 4.69) is 69.1 Å². The molecule has 0 unspecified atom stereocenters. The molecular weight excluding hydrogens is 1630 g/mol. The molecule has 0 radical (unpaired) electrons. The minimum Gasteiger partial charge on any atom is -0.497 e. The normalized spacial score (nSPS) is 14.7. The number of amides is 12. The first-order valence-electron chi connectivity index (χ1n) is 42.3. The highest BCUT2D eigenvalue weighted by atomic mass is 16.6. The van der Waals surface area contributed by atoms with Crippen LogP contribution in [0.15, 0.2) is 112 Å². The van der Waals surface area contributed by atoms with Gasteiger partial charge in [-0.2, -0.15) is 0 Å². The zero-order chi connectivity index (χ0) is 92.7. The van der Waals surface area contributed by atoms with Gasteiger partial charge in [-0.3, -0.25) is 88.6 Å². The van der Waals surface area contributed by atoms with Crippen molar-refractivity contribution >= 4 is 111 Å². The predicted octanol–water partition coefficient (Wildman–Crippen LogP) is 1.68. The fraction of sp³-hybridized carbons (Fsp3) is 0.518. The van der Waals surface area contributed by atoms with E-state index < -0.39 is 177 Å². The lowest BCUT2D eigenvalue weighted by Gasteiger charge is -2.32. The standard InChI is InChI=1S/C85H122N22O19/c1-8-51(6)73(104-81(118)67-30-21-39-105(67)83(120)62(27-15-17-35-86)96-71(109)48-95-70(108)44-54-45-72(110)126-69-47-56(125-7)32-33-57(54)69)82(119)103-64(41-50(4)5)78(115)101-66(43-53-24-13-10-14-25-53)80(117)102-65(42-52-22-11-9-12-23-52)79(116)99-61(29-20-38-94-85(90)91)76(113)100-63(40-49(2)3)77(114)98-60(75(112)97-59(74(87)111)28-19-37-93-84(88)89)26-16-18-36-92-58-34-31-55(106(121)122)46-68(58)107(123)124/h9-14,22-25,31-34,45-47,49-51,59-67,73,92H,8,15-21,26-30,35-44,48,86H2,1-7H3,(H2,87,111)(H,95,108)(H,96,109)(H,97,112)(H,98,114)(H,99,116)(H,100,113)(H,101,115)(H,102,117)(H,103,119)(H,104,118)(H4,88,89,93)(H4,90,91,94)/t51-,59+,60-,61-,62-,63-,64-,65-,66-,67-,73-/m0/s1. The van der Waals surface area contributed by atoms with Gasteiger partial charge in [0.15, 0.2) is 11.9 Å². The second-order valence-electron chi connectivity index (χ2n) is 31.9. The molecule has 0 spiro atoms. The molecule has 1 fully saturated rings. The maximum Gasteiger partial charge on any atom is 0.336 e. The SMILES string of the molecule is CC[C@H](C)[C@H](NC(=O)[C@@H]1CCCN1C(=O)[C@H](CCCCN)NC(=O)CNC(=O)Cc1cc(=O)oc2cc(OC)ccc12)C(=O)N[C@@H](CC(C)C)C(=O)N[C@@H](Cc1ccccc1)C(=O)N[C@@H](Cc1ccccc1)C(=O)N[C@@H](CCCNC(=N)N)C(=O)N[C@@H](CC(C)C)C(=O)N[C@@H](CCCCNc1ccc([N+](=O)[O-])cc1[N+](=O)[O-])C(=O)N[C@H](CCCNC(=N)N)C(N)=O. The molecule has 1 aliphatic rings. The fourth-order valence-electron chi connectivity index (χ4n) is 14.3. The van der Waals surface area contributed by atoms with E-state index >= 15 is 19.2 Å². The molecule has 126 heavy (non-hydrogen) atoms. The lowest BCUT2D eigenvalue weighted by molar-refractivity contribution is -0.393. The Bertz CT molecular complexity index is 4650. The largest absolute Gasteiger partial charge is 0.497 e. The Labute approximate surface area is 729 Å². The quantitative estimate of drug-likeness (QED) is 0.00657. The summed E-state index contributed by atoms with van der Waals surface area (Å²) >= 11 is 0. The number of nitrogens with zero attached hydrogens (tertiary/aromatic N) is 3. The van der Waals surface area contributed by atoms with Crippen LogP contribution in [0.1, 0.15) is 155 Å². The Kier molecular flexibility index (Phi) is 41.6. The van der Waals surface area contributed by atoms with E-state index in [0.29, 0.717) is 53.5 Å². The van der Waals surface area contributed by atoms with Crippen LogP contribution < -0.4 is 102 Å². The number of nitrogens with two attached hydrogens (primary N) is 4.